The van der Waals surface area contributed by atoms with Gasteiger partial charge in [0.1, 0.15) is 17.2 Å². The number of alkyl halides is 3. The summed E-state index contributed by atoms with van der Waals surface area (Å²) in [5, 5.41) is 15.8. The molecule has 1 amide bonds. The third-order valence-electron chi connectivity index (χ3n) is 3.53. The van der Waals surface area contributed by atoms with Crippen LogP contribution < -0.4 is 10.6 Å². The molecule has 0 saturated heterocycles. The van der Waals surface area contributed by atoms with Crippen molar-refractivity contribution in [1.82, 2.24) is 5.32 Å². The van der Waals surface area contributed by atoms with Crippen LogP contribution in [0, 0.1) is 17.2 Å². The number of nitrogens with one attached hydrogen (secondary N) is 2. The van der Waals surface area contributed by atoms with E-state index in [1.54, 1.807) is 0 Å². The maximum absolute atomic E-state index is 12.0. The fourth-order valence-electron chi connectivity index (χ4n) is 2.55. The molecule has 8 heteroatoms. The van der Waals surface area contributed by atoms with Gasteiger partial charge in [-0.15, -0.1) is 11.3 Å². The van der Waals surface area contributed by atoms with E-state index in [4.69, 9.17) is 34.8 Å². The number of fused-ring (bicyclic) bond motifs is 1. The van der Waals surface area contributed by atoms with Crippen molar-refractivity contribution in [3.05, 3.63) is 16.0 Å². The number of thiophene rings is 1. The molecule has 1 aromatic heterocycles. The van der Waals surface area contributed by atoms with Crippen LogP contribution in [0.4, 0.5) is 5.00 Å². The third kappa shape index (κ3) is 4.67. The highest BCUT2D eigenvalue weighted by Gasteiger charge is 2.35. The van der Waals surface area contributed by atoms with Gasteiger partial charge in [0, 0.05) is 11.3 Å². The molecule has 2 N–H and O–H groups in total. The average molecular weight is 395 g/mol. The first-order valence-corrected chi connectivity index (χ1v) is 9.34. The van der Waals surface area contributed by atoms with Gasteiger partial charge in [-0.1, -0.05) is 48.7 Å². The van der Waals surface area contributed by atoms with Gasteiger partial charge in [-0.3, -0.25) is 4.79 Å². The molecule has 1 atom stereocenters. The first-order chi connectivity index (χ1) is 10.7. The summed E-state index contributed by atoms with van der Waals surface area (Å²) in [5.74, 6) is -0.00216. The predicted octanol–water partition coefficient (Wildman–Crippen LogP) is 4.38. The second kappa shape index (κ2) is 7.48. The summed E-state index contributed by atoms with van der Waals surface area (Å²) in [6, 6.07) is 2.22. The monoisotopic (exact) mass is 393 g/mol. The Hall–Kier alpha value is -0.670. The zero-order valence-corrected chi connectivity index (χ0v) is 16.0. The standard InChI is InChI=1S/C15H18Cl3N3OS/c1-8(2)6-12(22)20-14(15(16,17)18)21-13-10(7-19)9-4-3-5-11(9)23-13/h8,14,21H,3-6H2,1-2H3,(H,20,22). The largest absolute Gasteiger partial charge is 0.352 e. The molecule has 1 aromatic rings. The SMILES string of the molecule is CC(C)CC(=O)NC(Nc1sc2c(c1C#N)CCC2)C(Cl)(Cl)Cl. The van der Waals surface area contributed by atoms with Gasteiger partial charge in [0.2, 0.25) is 9.70 Å². The summed E-state index contributed by atoms with van der Waals surface area (Å²) < 4.78 is -1.73. The van der Waals surface area contributed by atoms with Crippen molar-refractivity contribution in [2.45, 2.75) is 49.5 Å². The van der Waals surface area contributed by atoms with E-state index >= 15 is 0 Å². The van der Waals surface area contributed by atoms with E-state index in [2.05, 4.69) is 16.7 Å². The number of hydrogen-bond acceptors (Lipinski definition) is 4. The van der Waals surface area contributed by atoms with Crippen LogP contribution in [0.25, 0.3) is 0 Å². The van der Waals surface area contributed by atoms with Crippen molar-refractivity contribution in [2.75, 3.05) is 5.32 Å². The molecule has 0 fully saturated rings. The second-order valence-electron chi connectivity index (χ2n) is 5.96. The van der Waals surface area contributed by atoms with Gasteiger partial charge in [-0.05, 0) is 30.7 Å². The number of halogens is 3. The van der Waals surface area contributed by atoms with Crippen molar-refractivity contribution in [2.24, 2.45) is 5.92 Å². The molecule has 0 aliphatic heterocycles. The minimum absolute atomic E-state index is 0.200. The molecule has 0 aromatic carbocycles. The van der Waals surface area contributed by atoms with E-state index in [0.717, 1.165) is 24.8 Å². The number of carbonyl (C=O) groups is 1. The normalized spacial score (nSPS) is 15.2. The van der Waals surface area contributed by atoms with Crippen LogP contribution in [-0.2, 0) is 17.6 Å². The number of anilines is 1. The molecule has 1 heterocycles. The first kappa shape index (κ1) is 18.7. The molecule has 0 bridgehead atoms. The Morgan fingerprint density at radius 3 is 2.65 bits per heavy atom. The quantitative estimate of drug-likeness (QED) is 0.575. The fourth-order valence-corrected chi connectivity index (χ4v) is 4.14. The Morgan fingerprint density at radius 2 is 2.09 bits per heavy atom. The van der Waals surface area contributed by atoms with Gasteiger partial charge >= 0.3 is 0 Å². The molecular weight excluding hydrogens is 377 g/mol. The molecular formula is C15H18Cl3N3OS. The molecule has 1 aliphatic rings. The van der Waals surface area contributed by atoms with Gasteiger partial charge < -0.3 is 10.6 Å². The Balaban J connectivity index is 2.19. The highest BCUT2D eigenvalue weighted by atomic mass is 35.6. The van der Waals surface area contributed by atoms with E-state index in [-0.39, 0.29) is 11.8 Å². The third-order valence-corrected chi connectivity index (χ3v) is 5.41. The molecule has 23 heavy (non-hydrogen) atoms. The summed E-state index contributed by atoms with van der Waals surface area (Å²) in [4.78, 5) is 13.2. The molecule has 4 nitrogen and oxygen atoms in total. The van der Waals surface area contributed by atoms with E-state index in [0.29, 0.717) is 17.0 Å². The van der Waals surface area contributed by atoms with Crippen LogP contribution in [0.15, 0.2) is 0 Å². The second-order valence-corrected chi connectivity index (χ2v) is 9.43. The summed E-state index contributed by atoms with van der Waals surface area (Å²) >= 11 is 19.5. The van der Waals surface area contributed by atoms with Crippen LogP contribution in [0.1, 0.15) is 42.7 Å². The van der Waals surface area contributed by atoms with Crippen LogP contribution in [-0.4, -0.2) is 15.9 Å². The molecule has 2 rings (SSSR count). The molecule has 1 aliphatic carbocycles. The van der Waals surface area contributed by atoms with E-state index in [1.807, 2.05) is 13.8 Å². The van der Waals surface area contributed by atoms with Crippen LogP contribution >= 0.6 is 46.1 Å². The van der Waals surface area contributed by atoms with Gasteiger partial charge in [0.05, 0.1) is 5.56 Å². The number of rotatable bonds is 5. The maximum atomic E-state index is 12.0. The number of hydrogen-bond donors (Lipinski definition) is 2. The minimum Gasteiger partial charge on any atom is -0.352 e. The summed E-state index contributed by atoms with van der Waals surface area (Å²) in [7, 11) is 0. The van der Waals surface area contributed by atoms with Gasteiger partial charge in [-0.25, -0.2) is 0 Å². The number of nitriles is 1. The van der Waals surface area contributed by atoms with Crippen molar-refractivity contribution in [1.29, 1.82) is 5.26 Å². The molecule has 0 spiro atoms. The van der Waals surface area contributed by atoms with Crippen molar-refractivity contribution < 1.29 is 4.79 Å². The maximum Gasteiger partial charge on any atom is 0.228 e. The van der Waals surface area contributed by atoms with Crippen molar-refractivity contribution in [3.63, 3.8) is 0 Å². The van der Waals surface area contributed by atoms with Crippen molar-refractivity contribution >= 4 is 57.0 Å². The number of aryl methyl sites for hydroxylation is 1. The lowest BCUT2D eigenvalue weighted by atomic mass is 10.1. The van der Waals surface area contributed by atoms with Crippen molar-refractivity contribution in [3.8, 4) is 6.07 Å². The number of nitrogens with zero attached hydrogens (tertiary/aromatic N) is 1. The zero-order chi connectivity index (χ0) is 17.2. The number of carbonyl (C=O) groups excluding carboxylic acids is 1. The highest BCUT2D eigenvalue weighted by Crippen LogP contribution is 2.40. The van der Waals surface area contributed by atoms with Crippen LogP contribution in [0.2, 0.25) is 0 Å². The Bertz CT molecular complexity index is 631. The zero-order valence-electron chi connectivity index (χ0n) is 12.9. The number of amides is 1. The lowest BCUT2D eigenvalue weighted by Crippen LogP contribution is -2.49. The van der Waals surface area contributed by atoms with E-state index in [1.165, 1.54) is 16.2 Å². The molecule has 0 saturated carbocycles. The van der Waals surface area contributed by atoms with Gasteiger partial charge in [0.25, 0.3) is 0 Å². The smallest absolute Gasteiger partial charge is 0.228 e. The predicted molar refractivity (Wildman–Crippen MR) is 96.4 cm³/mol. The minimum atomic E-state index is -1.73. The summed E-state index contributed by atoms with van der Waals surface area (Å²) in [6.07, 6.45) is 2.37. The van der Waals surface area contributed by atoms with E-state index in [9.17, 15) is 10.1 Å². The molecule has 126 valence electrons. The Labute approximate surface area is 155 Å². The topological polar surface area (TPSA) is 64.9 Å². The van der Waals surface area contributed by atoms with Gasteiger partial charge in [-0.2, -0.15) is 5.26 Å². The van der Waals surface area contributed by atoms with Crippen LogP contribution in [0.3, 0.4) is 0 Å². The summed E-state index contributed by atoms with van der Waals surface area (Å²) in [5.41, 5.74) is 1.68. The van der Waals surface area contributed by atoms with Gasteiger partial charge in [0.15, 0.2) is 0 Å². The lowest BCUT2D eigenvalue weighted by Gasteiger charge is -2.27. The Morgan fingerprint density at radius 1 is 1.39 bits per heavy atom. The average Bonchev–Trinajstić information content (AvgIpc) is 2.95. The molecule has 1 unspecified atom stereocenters. The summed E-state index contributed by atoms with van der Waals surface area (Å²) in [6.45, 7) is 3.88. The Kier molecular flexibility index (Phi) is 6.07. The molecule has 0 radical (unpaired) electrons. The van der Waals surface area contributed by atoms with Crippen LogP contribution in [0.5, 0.6) is 0 Å². The van der Waals surface area contributed by atoms with E-state index < -0.39 is 9.96 Å². The lowest BCUT2D eigenvalue weighted by molar-refractivity contribution is -0.122. The highest BCUT2D eigenvalue weighted by molar-refractivity contribution is 7.16. The fraction of sp³-hybridized carbons (Fsp3) is 0.600. The first-order valence-electron chi connectivity index (χ1n) is 7.39.